The fourth-order valence-corrected chi connectivity index (χ4v) is 4.94. The molecule has 0 saturated carbocycles. The summed E-state index contributed by atoms with van der Waals surface area (Å²) in [7, 11) is 0. The van der Waals surface area contributed by atoms with Gasteiger partial charge in [0.2, 0.25) is 5.88 Å². The van der Waals surface area contributed by atoms with Crippen LogP contribution in [0.5, 0.6) is 5.88 Å². The van der Waals surface area contributed by atoms with Gasteiger partial charge in [-0.1, -0.05) is 35.0 Å². The zero-order valence-corrected chi connectivity index (χ0v) is 16.0. The highest BCUT2D eigenvalue weighted by Gasteiger charge is 2.21. The van der Waals surface area contributed by atoms with E-state index in [1.807, 2.05) is 30.3 Å². The smallest absolute Gasteiger partial charge is 0.226 e. The number of rotatable bonds is 4. The SMILES string of the molecule is Clc1ccccc1-c1cc(COc2ncnc3sc4c(c23)CCCC4)on1. The van der Waals surface area contributed by atoms with Crippen molar-refractivity contribution >= 4 is 33.2 Å². The van der Waals surface area contributed by atoms with Crippen LogP contribution < -0.4 is 4.74 Å². The van der Waals surface area contributed by atoms with E-state index in [1.165, 1.54) is 23.3 Å². The Hall–Kier alpha value is -2.44. The summed E-state index contributed by atoms with van der Waals surface area (Å²) in [6.45, 7) is 0.258. The summed E-state index contributed by atoms with van der Waals surface area (Å²) in [5.41, 5.74) is 2.89. The molecule has 7 heteroatoms. The maximum Gasteiger partial charge on any atom is 0.226 e. The molecule has 0 atom stereocenters. The number of nitrogens with zero attached hydrogens (tertiary/aromatic N) is 3. The van der Waals surface area contributed by atoms with Crippen LogP contribution in [0.3, 0.4) is 0 Å². The second-order valence-electron chi connectivity index (χ2n) is 6.52. The molecule has 3 aromatic heterocycles. The van der Waals surface area contributed by atoms with Gasteiger partial charge in [-0.25, -0.2) is 9.97 Å². The van der Waals surface area contributed by atoms with Crippen molar-refractivity contribution in [1.29, 1.82) is 0 Å². The standard InChI is InChI=1S/C20H16ClN3O2S/c21-15-7-3-1-5-13(15)16-9-12(26-24-16)10-25-19-18-14-6-2-4-8-17(14)27-20(18)23-11-22-19/h1,3,5,7,9,11H,2,4,6,8,10H2. The summed E-state index contributed by atoms with van der Waals surface area (Å²) in [6.07, 6.45) is 6.20. The maximum absolute atomic E-state index is 6.23. The van der Waals surface area contributed by atoms with E-state index in [0.29, 0.717) is 22.4 Å². The van der Waals surface area contributed by atoms with Crippen molar-refractivity contribution in [3.05, 3.63) is 57.9 Å². The third kappa shape index (κ3) is 3.09. The number of halogens is 1. The fourth-order valence-electron chi connectivity index (χ4n) is 3.49. The normalized spacial score (nSPS) is 13.7. The number of benzene rings is 1. The highest BCUT2D eigenvalue weighted by atomic mass is 35.5. The molecular weight excluding hydrogens is 382 g/mol. The van der Waals surface area contributed by atoms with E-state index in [0.717, 1.165) is 28.6 Å². The van der Waals surface area contributed by atoms with Gasteiger partial charge in [-0.05, 0) is 37.3 Å². The van der Waals surface area contributed by atoms with Gasteiger partial charge in [-0.3, -0.25) is 0 Å². The molecule has 0 bridgehead atoms. The first-order valence-electron chi connectivity index (χ1n) is 8.88. The fraction of sp³-hybridized carbons (Fsp3) is 0.250. The highest BCUT2D eigenvalue weighted by Crippen LogP contribution is 2.39. The van der Waals surface area contributed by atoms with Gasteiger partial charge in [0.1, 0.15) is 16.9 Å². The molecule has 0 radical (unpaired) electrons. The Kier molecular flexibility index (Phi) is 4.30. The van der Waals surface area contributed by atoms with Crippen LogP contribution in [-0.4, -0.2) is 15.1 Å². The molecule has 0 spiro atoms. The molecule has 5 rings (SSSR count). The summed E-state index contributed by atoms with van der Waals surface area (Å²) in [6, 6.07) is 9.40. The summed E-state index contributed by atoms with van der Waals surface area (Å²) < 4.78 is 11.4. The Morgan fingerprint density at radius 3 is 2.96 bits per heavy atom. The number of ether oxygens (including phenoxy) is 1. The summed E-state index contributed by atoms with van der Waals surface area (Å²) in [5, 5.41) is 5.81. The molecule has 1 aliphatic rings. The minimum atomic E-state index is 0.258. The lowest BCUT2D eigenvalue weighted by atomic mass is 9.97. The Balaban J connectivity index is 1.41. The van der Waals surface area contributed by atoms with Gasteiger partial charge in [0, 0.05) is 16.5 Å². The van der Waals surface area contributed by atoms with Crippen LogP contribution in [-0.2, 0) is 19.4 Å². The zero-order chi connectivity index (χ0) is 18.2. The third-order valence-electron chi connectivity index (χ3n) is 4.78. The molecule has 0 unspecified atom stereocenters. The quantitative estimate of drug-likeness (QED) is 0.457. The number of aromatic nitrogens is 3. The van der Waals surface area contributed by atoms with E-state index < -0.39 is 0 Å². The lowest BCUT2D eigenvalue weighted by Crippen LogP contribution is -2.01. The molecule has 0 amide bonds. The van der Waals surface area contributed by atoms with Gasteiger partial charge in [-0.15, -0.1) is 11.3 Å². The molecule has 3 heterocycles. The molecule has 0 N–H and O–H groups in total. The van der Waals surface area contributed by atoms with Gasteiger partial charge < -0.3 is 9.26 Å². The zero-order valence-electron chi connectivity index (χ0n) is 14.4. The maximum atomic E-state index is 6.23. The van der Waals surface area contributed by atoms with Crippen LogP contribution in [0.15, 0.2) is 41.2 Å². The first-order chi connectivity index (χ1) is 13.3. The van der Waals surface area contributed by atoms with Crippen LogP contribution >= 0.6 is 22.9 Å². The molecule has 5 nitrogen and oxygen atoms in total. The lowest BCUT2D eigenvalue weighted by Gasteiger charge is -2.11. The van der Waals surface area contributed by atoms with Crippen molar-refractivity contribution in [3.63, 3.8) is 0 Å². The summed E-state index contributed by atoms with van der Waals surface area (Å²) in [4.78, 5) is 11.2. The van der Waals surface area contributed by atoms with Crippen molar-refractivity contribution < 1.29 is 9.26 Å². The third-order valence-corrected chi connectivity index (χ3v) is 6.31. The molecule has 136 valence electrons. The molecule has 27 heavy (non-hydrogen) atoms. The number of fused-ring (bicyclic) bond motifs is 3. The van der Waals surface area contributed by atoms with Crippen LogP contribution in [0.4, 0.5) is 0 Å². The summed E-state index contributed by atoms with van der Waals surface area (Å²) >= 11 is 7.99. The average molecular weight is 398 g/mol. The van der Waals surface area contributed by atoms with E-state index in [9.17, 15) is 0 Å². The number of hydrogen-bond acceptors (Lipinski definition) is 6. The van der Waals surface area contributed by atoms with Crippen LogP contribution in [0.1, 0.15) is 29.0 Å². The predicted octanol–water partition coefficient (Wildman–Crippen LogP) is 5.46. The first-order valence-corrected chi connectivity index (χ1v) is 10.1. The van der Waals surface area contributed by atoms with Crippen LogP contribution in [0.2, 0.25) is 5.02 Å². The molecule has 1 aromatic carbocycles. The largest absolute Gasteiger partial charge is 0.469 e. The van der Waals surface area contributed by atoms with Crippen molar-refractivity contribution in [2.45, 2.75) is 32.3 Å². The highest BCUT2D eigenvalue weighted by molar-refractivity contribution is 7.18. The van der Waals surface area contributed by atoms with Gasteiger partial charge in [-0.2, -0.15) is 0 Å². The molecule has 0 fully saturated rings. The van der Waals surface area contributed by atoms with Gasteiger partial charge in [0.05, 0.1) is 10.4 Å². The van der Waals surface area contributed by atoms with Crippen LogP contribution in [0.25, 0.3) is 21.5 Å². The number of hydrogen-bond donors (Lipinski definition) is 0. The van der Waals surface area contributed by atoms with E-state index in [-0.39, 0.29) is 6.61 Å². The Morgan fingerprint density at radius 2 is 2.04 bits per heavy atom. The molecule has 0 saturated heterocycles. The van der Waals surface area contributed by atoms with E-state index in [2.05, 4.69) is 15.1 Å². The molecule has 4 aromatic rings. The first kappa shape index (κ1) is 16.7. The predicted molar refractivity (Wildman–Crippen MR) is 105 cm³/mol. The molecule has 1 aliphatic carbocycles. The van der Waals surface area contributed by atoms with E-state index >= 15 is 0 Å². The minimum Gasteiger partial charge on any atom is -0.469 e. The minimum absolute atomic E-state index is 0.258. The Labute approximate surface area is 165 Å². The van der Waals surface area contributed by atoms with Crippen molar-refractivity contribution in [2.75, 3.05) is 0 Å². The second-order valence-corrected chi connectivity index (χ2v) is 8.01. The Bertz CT molecular complexity index is 1120. The molecular formula is C20H16ClN3O2S. The van der Waals surface area contributed by atoms with E-state index in [1.54, 1.807) is 17.7 Å². The Morgan fingerprint density at radius 1 is 1.15 bits per heavy atom. The summed E-state index contributed by atoms with van der Waals surface area (Å²) in [5.74, 6) is 1.25. The lowest BCUT2D eigenvalue weighted by molar-refractivity contribution is 0.244. The van der Waals surface area contributed by atoms with Gasteiger partial charge in [0.15, 0.2) is 12.4 Å². The van der Waals surface area contributed by atoms with Crippen molar-refractivity contribution in [1.82, 2.24) is 15.1 Å². The number of thiophene rings is 1. The second kappa shape index (κ2) is 6.94. The number of aryl methyl sites for hydroxylation is 2. The van der Waals surface area contributed by atoms with Gasteiger partial charge in [0.25, 0.3) is 0 Å². The van der Waals surface area contributed by atoms with E-state index in [4.69, 9.17) is 20.9 Å². The van der Waals surface area contributed by atoms with Gasteiger partial charge >= 0.3 is 0 Å². The topological polar surface area (TPSA) is 61.0 Å². The van der Waals surface area contributed by atoms with Crippen LogP contribution in [0, 0.1) is 0 Å². The van der Waals surface area contributed by atoms with Crippen molar-refractivity contribution in [2.24, 2.45) is 0 Å². The monoisotopic (exact) mass is 397 g/mol. The van der Waals surface area contributed by atoms with Crippen molar-refractivity contribution in [3.8, 4) is 17.1 Å². The molecule has 0 aliphatic heterocycles. The average Bonchev–Trinajstić information content (AvgIpc) is 3.31.